The van der Waals surface area contributed by atoms with Gasteiger partial charge < -0.3 is 14.7 Å². The quantitative estimate of drug-likeness (QED) is 0.872. The fraction of sp³-hybridized carbons (Fsp3) is 0.250. The van der Waals surface area contributed by atoms with E-state index in [4.69, 9.17) is 11.3 Å². The minimum Gasteiger partial charge on any atom is -0.477 e. The van der Waals surface area contributed by atoms with Crippen LogP contribution in [0.3, 0.4) is 0 Å². The zero-order chi connectivity index (χ0) is 16.4. The number of thiophene rings is 1. The average molecular weight is 332 g/mol. The van der Waals surface area contributed by atoms with E-state index in [1.165, 1.54) is 24.3 Å². The lowest BCUT2D eigenvalue weighted by atomic mass is 10.0. The van der Waals surface area contributed by atoms with Gasteiger partial charge in [-0.15, -0.1) is 11.3 Å². The number of benzene rings is 1. The number of carboxylic acid groups (broad SMARTS) is 1. The van der Waals surface area contributed by atoms with Crippen molar-refractivity contribution < 1.29 is 19.0 Å². The maximum Gasteiger partial charge on any atom is 0.345 e. The van der Waals surface area contributed by atoms with E-state index in [1.807, 2.05) is 4.90 Å². The van der Waals surface area contributed by atoms with Gasteiger partial charge in [0, 0.05) is 18.7 Å². The normalized spacial score (nSPS) is 14.5. The summed E-state index contributed by atoms with van der Waals surface area (Å²) >= 11 is 1.09. The highest BCUT2D eigenvalue weighted by Crippen LogP contribution is 2.48. The molecule has 0 spiro atoms. The largest absolute Gasteiger partial charge is 0.477 e. The van der Waals surface area contributed by atoms with Crippen molar-refractivity contribution in [2.75, 3.05) is 31.2 Å². The van der Waals surface area contributed by atoms with E-state index in [1.54, 1.807) is 0 Å². The van der Waals surface area contributed by atoms with Gasteiger partial charge in [0.25, 0.3) is 0 Å². The summed E-state index contributed by atoms with van der Waals surface area (Å²) in [6.45, 7) is 9.82. The highest BCUT2D eigenvalue weighted by molar-refractivity contribution is 7.19. The molecule has 23 heavy (non-hydrogen) atoms. The van der Waals surface area contributed by atoms with Crippen molar-refractivity contribution in [2.24, 2.45) is 0 Å². The number of hydrogen-bond acceptors (Lipinski definition) is 4. The molecular formula is C16H13FN2O3S. The van der Waals surface area contributed by atoms with Crippen LogP contribution in [0.15, 0.2) is 24.3 Å². The topological polar surface area (TPSA) is 54.1 Å². The molecule has 0 radical (unpaired) electrons. The zero-order valence-corrected chi connectivity index (χ0v) is 12.9. The Bertz CT molecular complexity index is 774. The van der Waals surface area contributed by atoms with Crippen molar-refractivity contribution in [1.29, 1.82) is 0 Å². The van der Waals surface area contributed by atoms with Crippen molar-refractivity contribution in [3.63, 3.8) is 0 Å². The molecule has 1 N–H and O–H groups in total. The molecule has 2 heterocycles. The Kier molecular flexibility index (Phi) is 4.28. The number of carboxylic acids is 1. The monoisotopic (exact) mass is 332 g/mol. The molecule has 1 aromatic heterocycles. The predicted octanol–water partition coefficient (Wildman–Crippen LogP) is 3.64. The molecule has 0 bridgehead atoms. The van der Waals surface area contributed by atoms with Crippen LogP contribution in [0, 0.1) is 12.4 Å². The second-order valence-corrected chi connectivity index (χ2v) is 5.98. The molecule has 5 nitrogen and oxygen atoms in total. The molecule has 1 fully saturated rings. The highest BCUT2D eigenvalue weighted by Gasteiger charge is 2.27. The lowest BCUT2D eigenvalue weighted by Gasteiger charge is -2.28. The van der Waals surface area contributed by atoms with Crippen LogP contribution < -0.4 is 4.90 Å². The van der Waals surface area contributed by atoms with E-state index in [9.17, 15) is 14.3 Å². The van der Waals surface area contributed by atoms with Gasteiger partial charge in [0.15, 0.2) is 0 Å². The van der Waals surface area contributed by atoms with Crippen molar-refractivity contribution in [3.8, 4) is 11.1 Å². The Morgan fingerprint density at radius 2 is 1.96 bits per heavy atom. The smallest absolute Gasteiger partial charge is 0.345 e. The fourth-order valence-electron chi connectivity index (χ4n) is 2.53. The van der Waals surface area contributed by atoms with Gasteiger partial charge in [-0.3, -0.25) is 0 Å². The maximum absolute atomic E-state index is 13.1. The molecular weight excluding hydrogens is 319 g/mol. The average Bonchev–Trinajstić information content (AvgIpc) is 2.96. The summed E-state index contributed by atoms with van der Waals surface area (Å²) in [4.78, 5) is 17.3. The Balaban J connectivity index is 2.16. The highest BCUT2D eigenvalue weighted by atomic mass is 32.1. The first-order valence-electron chi connectivity index (χ1n) is 6.98. The van der Waals surface area contributed by atoms with Crippen molar-refractivity contribution >= 4 is 28.0 Å². The van der Waals surface area contributed by atoms with Crippen LogP contribution in [0.1, 0.15) is 9.67 Å². The number of morpholine rings is 1. The number of anilines is 1. The number of halogens is 1. The number of ether oxygens (including phenoxy) is 1. The molecule has 118 valence electrons. The maximum atomic E-state index is 13.1. The number of rotatable bonds is 3. The number of carbonyl (C=O) groups is 1. The second-order valence-electron chi connectivity index (χ2n) is 4.98. The van der Waals surface area contributed by atoms with Crippen molar-refractivity contribution in [1.82, 2.24) is 0 Å². The van der Waals surface area contributed by atoms with Crippen LogP contribution in [0.2, 0.25) is 0 Å². The Morgan fingerprint density at radius 3 is 2.52 bits per heavy atom. The van der Waals surface area contributed by atoms with Crippen LogP contribution in [0.4, 0.5) is 15.1 Å². The molecule has 1 aliphatic rings. The first-order chi connectivity index (χ1) is 11.1. The van der Waals surface area contributed by atoms with Gasteiger partial charge in [0.1, 0.15) is 10.7 Å². The van der Waals surface area contributed by atoms with Gasteiger partial charge >= 0.3 is 5.97 Å². The number of nitrogens with zero attached hydrogens (tertiary/aromatic N) is 2. The van der Waals surface area contributed by atoms with Crippen LogP contribution in [-0.2, 0) is 4.74 Å². The molecule has 0 amide bonds. The molecule has 3 rings (SSSR count). The third kappa shape index (κ3) is 2.91. The minimum atomic E-state index is -1.08. The van der Waals surface area contributed by atoms with E-state index in [0.29, 0.717) is 48.1 Å². The summed E-state index contributed by atoms with van der Waals surface area (Å²) in [5.41, 5.74) is 1.20. The lowest BCUT2D eigenvalue weighted by molar-refractivity contribution is 0.0703. The fourth-order valence-corrected chi connectivity index (χ4v) is 3.68. The molecule has 0 saturated carbocycles. The van der Waals surface area contributed by atoms with Crippen LogP contribution in [0.5, 0.6) is 0 Å². The Hall–Kier alpha value is -2.43. The summed E-state index contributed by atoms with van der Waals surface area (Å²) in [7, 11) is 0. The lowest BCUT2D eigenvalue weighted by Crippen LogP contribution is -2.35. The van der Waals surface area contributed by atoms with Gasteiger partial charge in [0.05, 0.1) is 24.8 Å². The molecule has 0 atom stereocenters. The van der Waals surface area contributed by atoms with Crippen LogP contribution in [0.25, 0.3) is 16.0 Å². The third-order valence-electron chi connectivity index (χ3n) is 3.60. The van der Waals surface area contributed by atoms with E-state index in [-0.39, 0.29) is 4.88 Å². The molecule has 1 aliphatic heterocycles. The van der Waals surface area contributed by atoms with Gasteiger partial charge in [-0.2, -0.15) is 0 Å². The number of aromatic carboxylic acids is 1. The summed E-state index contributed by atoms with van der Waals surface area (Å²) in [5.74, 6) is -1.49. The van der Waals surface area contributed by atoms with Crippen LogP contribution in [-0.4, -0.2) is 37.4 Å². The molecule has 7 heteroatoms. The van der Waals surface area contributed by atoms with Gasteiger partial charge in [-0.1, -0.05) is 12.1 Å². The molecule has 1 saturated heterocycles. The molecule has 0 aliphatic carbocycles. The minimum absolute atomic E-state index is 0.101. The van der Waals surface area contributed by atoms with Gasteiger partial charge in [0.2, 0.25) is 5.69 Å². The Morgan fingerprint density at radius 1 is 1.30 bits per heavy atom. The van der Waals surface area contributed by atoms with E-state index in [2.05, 4.69) is 4.85 Å². The molecule has 1 aromatic carbocycles. The van der Waals surface area contributed by atoms with E-state index in [0.717, 1.165) is 11.3 Å². The van der Waals surface area contributed by atoms with E-state index < -0.39 is 11.8 Å². The van der Waals surface area contributed by atoms with Gasteiger partial charge in [-0.25, -0.2) is 14.0 Å². The number of hydrogen-bond donors (Lipinski definition) is 1. The predicted molar refractivity (Wildman–Crippen MR) is 86.0 cm³/mol. The second kappa shape index (κ2) is 6.36. The first-order valence-corrected chi connectivity index (χ1v) is 7.79. The Labute approximate surface area is 136 Å². The van der Waals surface area contributed by atoms with Crippen molar-refractivity contribution in [2.45, 2.75) is 0 Å². The summed E-state index contributed by atoms with van der Waals surface area (Å²) in [6.07, 6.45) is 0. The van der Waals surface area contributed by atoms with Gasteiger partial charge in [-0.05, 0) is 17.7 Å². The zero-order valence-electron chi connectivity index (χ0n) is 12.1. The third-order valence-corrected chi connectivity index (χ3v) is 4.83. The van der Waals surface area contributed by atoms with E-state index >= 15 is 0 Å². The molecule has 2 aromatic rings. The summed E-state index contributed by atoms with van der Waals surface area (Å²) < 4.78 is 18.4. The molecule has 0 unspecified atom stereocenters. The van der Waals surface area contributed by atoms with Crippen LogP contribution >= 0.6 is 11.3 Å². The first kappa shape index (κ1) is 15.5. The summed E-state index contributed by atoms with van der Waals surface area (Å²) in [5, 5.41) is 10.1. The SMILES string of the molecule is [C-]#[N+]c1c(N2CCOCC2)sc(C(=O)O)c1-c1ccc(F)cc1. The standard InChI is InChI=1S/C16H13FN2O3S/c1-18-13-12(10-2-4-11(17)5-3-10)14(16(20)21)23-15(13)19-6-8-22-9-7-19/h2-5H,6-9H2,(H,20,21). The van der Waals surface area contributed by atoms with Crippen molar-refractivity contribution in [3.05, 3.63) is 46.4 Å². The summed E-state index contributed by atoms with van der Waals surface area (Å²) in [6, 6.07) is 5.53.